The van der Waals surface area contributed by atoms with E-state index in [9.17, 15) is 0 Å². The van der Waals surface area contributed by atoms with Crippen molar-refractivity contribution in [3.05, 3.63) is 53.2 Å². The molecule has 0 aliphatic heterocycles. The first kappa shape index (κ1) is 14.3. The molecule has 0 bridgehead atoms. The molecule has 0 radical (unpaired) electrons. The summed E-state index contributed by atoms with van der Waals surface area (Å²) in [6, 6.07) is 9.73. The van der Waals surface area contributed by atoms with Gasteiger partial charge >= 0.3 is 0 Å². The molecule has 2 aromatic rings. The SMILES string of the molecule is COc1cc(CNc2c(C)cccc2C(N)=S)ccn1. The van der Waals surface area contributed by atoms with E-state index in [-0.39, 0.29) is 0 Å². The quantitative estimate of drug-likeness (QED) is 0.828. The van der Waals surface area contributed by atoms with E-state index < -0.39 is 0 Å². The summed E-state index contributed by atoms with van der Waals surface area (Å²) in [4.78, 5) is 4.48. The lowest BCUT2D eigenvalue weighted by Crippen LogP contribution is -2.14. The van der Waals surface area contributed by atoms with Crippen LogP contribution in [0.2, 0.25) is 0 Å². The molecular weight excluding hydrogens is 270 g/mol. The fraction of sp³-hybridized carbons (Fsp3) is 0.200. The Morgan fingerprint density at radius 2 is 2.20 bits per heavy atom. The van der Waals surface area contributed by atoms with Gasteiger partial charge in [0, 0.05) is 30.1 Å². The highest BCUT2D eigenvalue weighted by molar-refractivity contribution is 7.80. The number of hydrogen-bond donors (Lipinski definition) is 2. The van der Waals surface area contributed by atoms with Gasteiger partial charge in [-0.15, -0.1) is 0 Å². The van der Waals surface area contributed by atoms with Gasteiger partial charge in [-0.3, -0.25) is 0 Å². The summed E-state index contributed by atoms with van der Waals surface area (Å²) in [6.45, 7) is 2.68. The summed E-state index contributed by atoms with van der Waals surface area (Å²) in [5.41, 5.74) is 9.78. The molecule has 1 heterocycles. The summed E-state index contributed by atoms with van der Waals surface area (Å²) in [5, 5.41) is 3.38. The molecule has 2 rings (SSSR count). The number of benzene rings is 1. The maximum atomic E-state index is 5.76. The lowest BCUT2D eigenvalue weighted by Gasteiger charge is -2.14. The molecule has 104 valence electrons. The van der Waals surface area contributed by atoms with Gasteiger partial charge in [0.05, 0.1) is 7.11 Å². The van der Waals surface area contributed by atoms with Crippen molar-refractivity contribution in [3.8, 4) is 5.88 Å². The summed E-state index contributed by atoms with van der Waals surface area (Å²) < 4.78 is 5.11. The van der Waals surface area contributed by atoms with Crippen LogP contribution in [0.15, 0.2) is 36.5 Å². The van der Waals surface area contributed by atoms with Crippen LogP contribution in [-0.2, 0) is 6.54 Å². The number of nitrogens with zero attached hydrogens (tertiary/aromatic N) is 1. The largest absolute Gasteiger partial charge is 0.481 e. The summed E-state index contributed by atoms with van der Waals surface area (Å²) in [5.74, 6) is 0.601. The number of ether oxygens (including phenoxy) is 1. The van der Waals surface area contributed by atoms with Crippen LogP contribution in [0.25, 0.3) is 0 Å². The molecule has 0 amide bonds. The molecular formula is C15H17N3OS. The minimum atomic E-state index is 0.392. The molecule has 0 aliphatic rings. The van der Waals surface area contributed by atoms with Crippen molar-refractivity contribution in [1.29, 1.82) is 0 Å². The topological polar surface area (TPSA) is 60.2 Å². The molecule has 5 heteroatoms. The van der Waals surface area contributed by atoms with Crippen molar-refractivity contribution in [1.82, 2.24) is 4.98 Å². The molecule has 4 nitrogen and oxygen atoms in total. The number of hydrogen-bond acceptors (Lipinski definition) is 4. The van der Waals surface area contributed by atoms with Gasteiger partial charge in [0.15, 0.2) is 0 Å². The van der Waals surface area contributed by atoms with E-state index in [1.165, 1.54) is 0 Å². The number of anilines is 1. The number of methoxy groups -OCH3 is 1. The van der Waals surface area contributed by atoms with E-state index in [0.29, 0.717) is 17.4 Å². The number of nitrogens with two attached hydrogens (primary N) is 1. The first-order chi connectivity index (χ1) is 9.61. The molecule has 1 aromatic heterocycles. The molecule has 0 saturated heterocycles. The number of pyridine rings is 1. The number of thiocarbonyl (C=S) groups is 1. The van der Waals surface area contributed by atoms with E-state index in [1.807, 2.05) is 37.3 Å². The first-order valence-electron chi connectivity index (χ1n) is 6.24. The van der Waals surface area contributed by atoms with E-state index in [1.54, 1.807) is 13.3 Å². The van der Waals surface area contributed by atoms with E-state index >= 15 is 0 Å². The highest BCUT2D eigenvalue weighted by atomic mass is 32.1. The predicted molar refractivity (Wildman–Crippen MR) is 85.2 cm³/mol. The summed E-state index contributed by atoms with van der Waals surface area (Å²) in [6.07, 6.45) is 1.72. The molecule has 1 aromatic carbocycles. The zero-order valence-electron chi connectivity index (χ0n) is 11.5. The third-order valence-electron chi connectivity index (χ3n) is 3.02. The normalized spacial score (nSPS) is 10.1. The van der Waals surface area contributed by atoms with Gasteiger partial charge in [0.2, 0.25) is 5.88 Å². The Balaban J connectivity index is 2.20. The number of aromatic nitrogens is 1. The van der Waals surface area contributed by atoms with Crippen molar-refractivity contribution in [2.24, 2.45) is 5.73 Å². The van der Waals surface area contributed by atoms with Crippen molar-refractivity contribution >= 4 is 22.9 Å². The number of nitrogens with one attached hydrogen (secondary N) is 1. The molecule has 3 N–H and O–H groups in total. The lowest BCUT2D eigenvalue weighted by atomic mass is 10.1. The van der Waals surface area contributed by atoms with E-state index in [0.717, 1.165) is 22.4 Å². The van der Waals surface area contributed by atoms with Crippen molar-refractivity contribution in [2.45, 2.75) is 13.5 Å². The predicted octanol–water partition coefficient (Wildman–Crippen LogP) is 2.64. The molecule has 0 unspecified atom stereocenters. The Morgan fingerprint density at radius 3 is 2.90 bits per heavy atom. The molecule has 0 aliphatic carbocycles. The molecule has 0 atom stereocenters. The first-order valence-corrected chi connectivity index (χ1v) is 6.65. The van der Waals surface area contributed by atoms with E-state index in [4.69, 9.17) is 22.7 Å². The molecule has 0 saturated carbocycles. The van der Waals surface area contributed by atoms with Crippen LogP contribution in [0.5, 0.6) is 5.88 Å². The van der Waals surface area contributed by atoms with Gasteiger partial charge < -0.3 is 15.8 Å². The Kier molecular flexibility index (Phi) is 4.53. The highest BCUT2D eigenvalue weighted by Crippen LogP contribution is 2.21. The Hall–Kier alpha value is -2.14. The maximum absolute atomic E-state index is 5.76. The minimum Gasteiger partial charge on any atom is -0.481 e. The standard InChI is InChI=1S/C15H17N3OS/c1-10-4-3-5-12(15(16)20)14(10)18-9-11-6-7-17-13(8-11)19-2/h3-8,18H,9H2,1-2H3,(H2,16,20). The molecule has 20 heavy (non-hydrogen) atoms. The smallest absolute Gasteiger partial charge is 0.213 e. The minimum absolute atomic E-state index is 0.392. The second kappa shape index (κ2) is 6.34. The van der Waals surface area contributed by atoms with Gasteiger partial charge in [0.1, 0.15) is 4.99 Å². The number of rotatable bonds is 5. The van der Waals surface area contributed by atoms with Crippen LogP contribution < -0.4 is 15.8 Å². The van der Waals surface area contributed by atoms with E-state index in [2.05, 4.69) is 10.3 Å². The fourth-order valence-electron chi connectivity index (χ4n) is 1.97. The fourth-order valence-corrected chi connectivity index (χ4v) is 2.14. The third kappa shape index (κ3) is 3.24. The second-order valence-corrected chi connectivity index (χ2v) is 4.86. The average Bonchev–Trinajstić information content (AvgIpc) is 2.45. The maximum Gasteiger partial charge on any atom is 0.213 e. The van der Waals surface area contributed by atoms with Gasteiger partial charge in [0.25, 0.3) is 0 Å². The van der Waals surface area contributed by atoms with Gasteiger partial charge in [-0.25, -0.2) is 4.98 Å². The zero-order valence-corrected chi connectivity index (χ0v) is 12.3. The van der Waals surface area contributed by atoms with Crippen LogP contribution in [-0.4, -0.2) is 17.1 Å². The van der Waals surface area contributed by atoms with Crippen molar-refractivity contribution in [3.63, 3.8) is 0 Å². The van der Waals surface area contributed by atoms with Crippen LogP contribution in [0, 0.1) is 6.92 Å². The Morgan fingerprint density at radius 1 is 1.40 bits per heavy atom. The summed E-state index contributed by atoms with van der Waals surface area (Å²) in [7, 11) is 1.60. The third-order valence-corrected chi connectivity index (χ3v) is 3.24. The second-order valence-electron chi connectivity index (χ2n) is 4.42. The van der Waals surface area contributed by atoms with Crippen LogP contribution in [0.3, 0.4) is 0 Å². The highest BCUT2D eigenvalue weighted by Gasteiger charge is 2.07. The van der Waals surface area contributed by atoms with Crippen molar-refractivity contribution in [2.75, 3.05) is 12.4 Å². The summed E-state index contributed by atoms with van der Waals surface area (Å²) >= 11 is 5.09. The lowest BCUT2D eigenvalue weighted by molar-refractivity contribution is 0.397. The Bertz CT molecular complexity index is 628. The van der Waals surface area contributed by atoms with Gasteiger partial charge in [-0.2, -0.15) is 0 Å². The van der Waals surface area contributed by atoms with Crippen LogP contribution in [0.1, 0.15) is 16.7 Å². The van der Waals surface area contributed by atoms with Crippen LogP contribution in [0.4, 0.5) is 5.69 Å². The monoisotopic (exact) mass is 287 g/mol. The molecule has 0 spiro atoms. The van der Waals surface area contributed by atoms with Crippen molar-refractivity contribution < 1.29 is 4.74 Å². The van der Waals surface area contributed by atoms with Crippen LogP contribution >= 0.6 is 12.2 Å². The number of para-hydroxylation sites is 1. The van der Waals surface area contributed by atoms with Gasteiger partial charge in [-0.05, 0) is 30.2 Å². The number of aryl methyl sites for hydroxylation is 1. The Labute approximate surface area is 124 Å². The van der Waals surface area contributed by atoms with Gasteiger partial charge in [-0.1, -0.05) is 24.4 Å². The molecule has 0 fully saturated rings. The average molecular weight is 287 g/mol. The zero-order chi connectivity index (χ0) is 14.5.